The van der Waals surface area contributed by atoms with E-state index >= 15 is 0 Å². The number of carbonyl (C=O) groups excluding carboxylic acids is 2. The van der Waals surface area contributed by atoms with Gasteiger partial charge in [-0.15, -0.1) is 0 Å². The highest BCUT2D eigenvalue weighted by Gasteiger charge is 2.40. The largest absolute Gasteiger partial charge is 0.476 e. The van der Waals surface area contributed by atoms with Crippen LogP contribution in [0.2, 0.25) is 0 Å². The molecule has 0 fully saturated rings. The van der Waals surface area contributed by atoms with Crippen LogP contribution in [0.5, 0.6) is 5.75 Å². The number of carbonyl (C=O) groups is 2. The zero-order valence-electron chi connectivity index (χ0n) is 12.4. The number of hydrogen-bond donors (Lipinski definition) is 2. The third-order valence-corrected chi connectivity index (χ3v) is 3.31. The number of para-hydroxylation sites is 2. The zero-order chi connectivity index (χ0) is 15.5. The third kappa shape index (κ3) is 3.33. The van der Waals surface area contributed by atoms with Gasteiger partial charge in [0.05, 0.1) is 5.69 Å². The molecule has 1 aromatic rings. The van der Waals surface area contributed by atoms with Gasteiger partial charge in [0.15, 0.2) is 5.60 Å². The Labute approximate surface area is 124 Å². The number of amides is 2. The summed E-state index contributed by atoms with van der Waals surface area (Å²) in [7, 11) is 0. The molecule has 0 radical (unpaired) electrons. The number of nitrogens with two attached hydrogens (primary N) is 1. The summed E-state index contributed by atoms with van der Waals surface area (Å²) < 4.78 is 5.73. The second kappa shape index (κ2) is 6.13. The lowest BCUT2D eigenvalue weighted by Crippen LogP contribution is -2.53. The number of ether oxygens (including phenoxy) is 1. The van der Waals surface area contributed by atoms with Crippen molar-refractivity contribution in [1.82, 2.24) is 5.32 Å². The van der Waals surface area contributed by atoms with Gasteiger partial charge >= 0.3 is 0 Å². The monoisotopic (exact) mass is 291 g/mol. The summed E-state index contributed by atoms with van der Waals surface area (Å²) in [5, 5.41) is 2.70. The van der Waals surface area contributed by atoms with Gasteiger partial charge in [0.1, 0.15) is 5.75 Å². The molecule has 0 spiro atoms. The van der Waals surface area contributed by atoms with Crippen molar-refractivity contribution in [2.45, 2.75) is 25.9 Å². The lowest BCUT2D eigenvalue weighted by Gasteiger charge is -2.38. The normalized spacial score (nSPS) is 16.1. The molecule has 0 bridgehead atoms. The molecule has 0 unspecified atom stereocenters. The number of nitrogens with zero attached hydrogens (tertiary/aromatic N) is 1. The first kappa shape index (κ1) is 15.3. The molecule has 6 nitrogen and oxygen atoms in total. The Morgan fingerprint density at radius 2 is 2.10 bits per heavy atom. The average molecular weight is 291 g/mol. The highest BCUT2D eigenvalue weighted by atomic mass is 16.5. The second-order valence-electron chi connectivity index (χ2n) is 5.43. The van der Waals surface area contributed by atoms with Crippen LogP contribution in [-0.4, -0.2) is 37.0 Å². The Morgan fingerprint density at radius 1 is 1.38 bits per heavy atom. The van der Waals surface area contributed by atoms with E-state index in [0.717, 1.165) is 0 Å². The van der Waals surface area contributed by atoms with Crippen LogP contribution in [0.25, 0.3) is 0 Å². The maximum atomic E-state index is 12.5. The van der Waals surface area contributed by atoms with Crippen LogP contribution >= 0.6 is 0 Å². The topological polar surface area (TPSA) is 84.7 Å². The van der Waals surface area contributed by atoms with Crippen molar-refractivity contribution >= 4 is 17.5 Å². The maximum absolute atomic E-state index is 12.5. The van der Waals surface area contributed by atoms with Crippen LogP contribution in [-0.2, 0) is 9.59 Å². The molecular formula is C15H21N3O3. The number of benzene rings is 1. The molecule has 0 saturated heterocycles. The molecule has 3 N–H and O–H groups in total. The van der Waals surface area contributed by atoms with Crippen LogP contribution < -0.4 is 20.7 Å². The lowest BCUT2D eigenvalue weighted by molar-refractivity contribution is -0.132. The second-order valence-corrected chi connectivity index (χ2v) is 5.43. The van der Waals surface area contributed by atoms with Crippen LogP contribution in [0.1, 0.15) is 20.3 Å². The van der Waals surface area contributed by atoms with Gasteiger partial charge < -0.3 is 20.7 Å². The van der Waals surface area contributed by atoms with Gasteiger partial charge in [0.2, 0.25) is 5.91 Å². The molecule has 2 rings (SSSR count). The Kier molecular flexibility index (Phi) is 4.47. The van der Waals surface area contributed by atoms with Crippen LogP contribution in [0.15, 0.2) is 24.3 Å². The molecule has 0 atom stereocenters. The van der Waals surface area contributed by atoms with Crippen molar-refractivity contribution in [1.29, 1.82) is 0 Å². The first-order chi connectivity index (χ1) is 9.95. The maximum Gasteiger partial charge on any atom is 0.270 e. The summed E-state index contributed by atoms with van der Waals surface area (Å²) >= 11 is 0. The Morgan fingerprint density at radius 3 is 2.81 bits per heavy atom. The van der Waals surface area contributed by atoms with Gasteiger partial charge in [-0.05, 0) is 26.0 Å². The summed E-state index contributed by atoms with van der Waals surface area (Å²) in [6.45, 7) is 4.62. The molecule has 6 heteroatoms. The molecule has 0 saturated carbocycles. The standard InChI is InChI=1S/C15H21N3O3/c1-15(2)14(20)18(10-7-13(19)17-9-8-16)11-5-3-4-6-12(11)21-15/h3-6H,7-10,16H2,1-2H3,(H,17,19). The summed E-state index contributed by atoms with van der Waals surface area (Å²) in [6, 6.07) is 7.34. The number of nitrogens with one attached hydrogen (secondary N) is 1. The number of fused-ring (bicyclic) bond motifs is 1. The number of rotatable bonds is 5. The number of hydrogen-bond acceptors (Lipinski definition) is 4. The Hall–Kier alpha value is -2.08. The molecule has 1 aliphatic heterocycles. The van der Waals surface area contributed by atoms with Gasteiger partial charge in [-0.1, -0.05) is 12.1 Å². The zero-order valence-corrected chi connectivity index (χ0v) is 12.4. The van der Waals surface area contributed by atoms with Crippen molar-refractivity contribution in [3.8, 4) is 5.75 Å². The van der Waals surface area contributed by atoms with Crippen LogP contribution in [0, 0.1) is 0 Å². The van der Waals surface area contributed by atoms with Crippen molar-refractivity contribution in [2.24, 2.45) is 5.73 Å². The summed E-state index contributed by atoms with van der Waals surface area (Å²) in [5.74, 6) is 0.396. The fourth-order valence-electron chi connectivity index (χ4n) is 2.25. The van der Waals surface area contributed by atoms with E-state index < -0.39 is 5.60 Å². The van der Waals surface area contributed by atoms with Crippen LogP contribution in [0.3, 0.4) is 0 Å². The van der Waals surface area contributed by atoms with Gasteiger partial charge in [0, 0.05) is 26.1 Å². The molecule has 0 aromatic heterocycles. The summed E-state index contributed by atoms with van der Waals surface area (Å²) in [4.78, 5) is 25.8. The molecule has 1 aliphatic rings. The lowest BCUT2D eigenvalue weighted by atomic mass is 10.0. The van der Waals surface area contributed by atoms with Crippen molar-refractivity contribution in [3.05, 3.63) is 24.3 Å². The first-order valence-corrected chi connectivity index (χ1v) is 7.02. The smallest absolute Gasteiger partial charge is 0.270 e. The molecule has 0 aliphatic carbocycles. The van der Waals surface area contributed by atoms with Gasteiger partial charge in [-0.3, -0.25) is 9.59 Å². The Balaban J connectivity index is 2.13. The molecule has 114 valence electrons. The quantitative estimate of drug-likeness (QED) is 0.834. The fraction of sp³-hybridized carbons (Fsp3) is 0.467. The Bertz CT molecular complexity index is 543. The summed E-state index contributed by atoms with van der Waals surface area (Å²) in [6.07, 6.45) is 0.232. The molecule has 1 heterocycles. The molecular weight excluding hydrogens is 270 g/mol. The van der Waals surface area contributed by atoms with E-state index in [1.807, 2.05) is 24.3 Å². The minimum absolute atomic E-state index is 0.116. The highest BCUT2D eigenvalue weighted by molar-refractivity contribution is 6.02. The van der Waals surface area contributed by atoms with E-state index in [0.29, 0.717) is 31.1 Å². The predicted octanol–water partition coefficient (Wildman–Crippen LogP) is 0.656. The van der Waals surface area contributed by atoms with Crippen molar-refractivity contribution < 1.29 is 14.3 Å². The molecule has 1 aromatic carbocycles. The van der Waals surface area contributed by atoms with E-state index in [1.54, 1.807) is 18.7 Å². The highest BCUT2D eigenvalue weighted by Crippen LogP contribution is 2.37. The van der Waals surface area contributed by atoms with E-state index in [1.165, 1.54) is 0 Å². The SMILES string of the molecule is CC1(C)Oc2ccccc2N(CCC(=O)NCCN)C1=O. The minimum Gasteiger partial charge on any atom is -0.476 e. The third-order valence-electron chi connectivity index (χ3n) is 3.31. The summed E-state index contributed by atoms with van der Waals surface area (Å²) in [5.41, 5.74) is 5.11. The predicted molar refractivity (Wildman–Crippen MR) is 80.2 cm³/mol. The fourth-order valence-corrected chi connectivity index (χ4v) is 2.25. The van der Waals surface area contributed by atoms with Gasteiger partial charge in [0.25, 0.3) is 5.91 Å². The average Bonchev–Trinajstić information content (AvgIpc) is 2.45. The van der Waals surface area contributed by atoms with E-state index in [2.05, 4.69) is 5.32 Å². The molecule has 2 amide bonds. The number of anilines is 1. The minimum atomic E-state index is -0.928. The van der Waals surface area contributed by atoms with E-state index in [4.69, 9.17) is 10.5 Å². The van der Waals surface area contributed by atoms with E-state index in [-0.39, 0.29) is 18.2 Å². The van der Waals surface area contributed by atoms with Gasteiger partial charge in [-0.2, -0.15) is 0 Å². The van der Waals surface area contributed by atoms with Crippen LogP contribution in [0.4, 0.5) is 5.69 Å². The van der Waals surface area contributed by atoms with Gasteiger partial charge in [-0.25, -0.2) is 0 Å². The van der Waals surface area contributed by atoms with Crippen molar-refractivity contribution in [2.75, 3.05) is 24.5 Å². The first-order valence-electron chi connectivity index (χ1n) is 7.02. The van der Waals surface area contributed by atoms with E-state index in [9.17, 15) is 9.59 Å². The van der Waals surface area contributed by atoms with Crippen molar-refractivity contribution in [3.63, 3.8) is 0 Å². The molecule has 21 heavy (non-hydrogen) atoms.